The number of likely N-dealkylation sites (N-methyl/N-ethyl adjacent to an activating group) is 1. The molecule has 3 N–H and O–H groups in total. The quantitative estimate of drug-likeness (QED) is 0.260. The maximum absolute atomic E-state index is 12.2. The molecule has 8 rings (SSSR count). The molecule has 11 heteroatoms. The molecule has 2 aliphatic carbocycles. The number of likely N-dealkylation sites (tertiary alicyclic amines) is 1. The monoisotopic (exact) mass is 655 g/mol. The molecule has 244 valence electrons. The van der Waals surface area contributed by atoms with Gasteiger partial charge in [0.15, 0.2) is 11.5 Å². The lowest BCUT2D eigenvalue weighted by atomic mass is 9.53. The number of aromatic nitrogens is 1. The summed E-state index contributed by atoms with van der Waals surface area (Å²) in [6.07, 6.45) is 5.27. The molecule has 1 fully saturated rings. The van der Waals surface area contributed by atoms with Crippen molar-refractivity contribution in [3.05, 3.63) is 95.8 Å². The Bertz CT molecular complexity index is 1970. The number of phenols is 1. The largest absolute Gasteiger partial charge is 0.504 e. The van der Waals surface area contributed by atoms with Gasteiger partial charge in [0, 0.05) is 34.9 Å². The van der Waals surface area contributed by atoms with Crippen LogP contribution in [0.1, 0.15) is 36.7 Å². The number of rotatable bonds is 5. The van der Waals surface area contributed by atoms with Crippen molar-refractivity contribution in [2.45, 2.75) is 61.7 Å². The predicted molar refractivity (Wildman–Crippen MR) is 175 cm³/mol. The summed E-state index contributed by atoms with van der Waals surface area (Å²) >= 11 is 0. The smallest absolute Gasteiger partial charge is 0.264 e. The van der Waals surface area contributed by atoms with Crippen molar-refractivity contribution in [1.82, 2.24) is 14.8 Å². The number of nitrogens with one attached hydrogen (secondary N) is 1. The molecule has 1 aromatic heterocycles. The number of amides is 1. The summed E-state index contributed by atoms with van der Waals surface area (Å²) in [6, 6.07) is 20.1. The van der Waals surface area contributed by atoms with Crippen molar-refractivity contribution in [2.75, 3.05) is 13.6 Å². The fourth-order valence-electron chi connectivity index (χ4n) is 7.83. The topological polar surface area (TPSA) is 142 Å². The predicted octanol–water partition coefficient (Wildman–Crippen LogP) is 4.73. The Morgan fingerprint density at radius 3 is 2.53 bits per heavy atom. The van der Waals surface area contributed by atoms with Gasteiger partial charge in [-0.2, -0.15) is 0 Å². The van der Waals surface area contributed by atoms with Crippen molar-refractivity contribution in [2.24, 2.45) is 5.92 Å². The van der Waals surface area contributed by atoms with E-state index in [1.54, 1.807) is 32.0 Å². The fraction of sp³-hybridized carbons (Fsp3) is 0.333. The number of aromatic hydroxyl groups is 1. The van der Waals surface area contributed by atoms with E-state index in [1.807, 2.05) is 47.2 Å². The number of sulfonamides is 1. The first kappa shape index (κ1) is 31.2. The Morgan fingerprint density at radius 1 is 1.06 bits per heavy atom. The molecule has 2 aliphatic heterocycles. The number of piperidine rings is 1. The van der Waals surface area contributed by atoms with Gasteiger partial charge in [0.05, 0.1) is 10.5 Å². The normalized spacial score (nSPS) is 25.3. The van der Waals surface area contributed by atoms with Gasteiger partial charge < -0.3 is 24.4 Å². The maximum atomic E-state index is 12.2. The van der Waals surface area contributed by atoms with E-state index in [4.69, 9.17) is 9.26 Å². The molecule has 1 amide bonds. The first-order valence-electron chi connectivity index (χ1n) is 15.8. The minimum atomic E-state index is -3.87. The van der Waals surface area contributed by atoms with Crippen LogP contribution in [0.5, 0.6) is 11.5 Å². The third kappa shape index (κ3) is 5.04. The number of aliphatic hydroxyl groups excluding tert-OH is 1. The van der Waals surface area contributed by atoms with Gasteiger partial charge in [0.2, 0.25) is 5.91 Å². The van der Waals surface area contributed by atoms with E-state index >= 15 is 0 Å². The van der Waals surface area contributed by atoms with Crippen LogP contribution < -0.4 is 9.46 Å². The fourth-order valence-corrected chi connectivity index (χ4v) is 8.88. The van der Waals surface area contributed by atoms with Crippen LogP contribution in [0.15, 0.2) is 88.3 Å². The van der Waals surface area contributed by atoms with E-state index in [0.29, 0.717) is 29.2 Å². The van der Waals surface area contributed by atoms with Crippen LogP contribution >= 0.6 is 0 Å². The molecule has 0 radical (unpaired) electrons. The van der Waals surface area contributed by atoms with Crippen molar-refractivity contribution in [3.8, 4) is 33.9 Å². The molecule has 4 aliphatic rings. The first-order valence-corrected chi connectivity index (χ1v) is 17.3. The summed E-state index contributed by atoms with van der Waals surface area (Å²) in [5.41, 5.74) is 5.48. The van der Waals surface area contributed by atoms with Gasteiger partial charge in [0.25, 0.3) is 10.0 Å². The lowest BCUT2D eigenvalue weighted by molar-refractivity contribution is -0.119. The lowest BCUT2D eigenvalue weighted by Crippen LogP contribution is -2.64. The Labute approximate surface area is 273 Å². The third-order valence-corrected chi connectivity index (χ3v) is 11.5. The molecule has 3 aromatic carbocycles. The number of hydrogen-bond donors (Lipinski definition) is 3. The van der Waals surface area contributed by atoms with Crippen molar-refractivity contribution in [3.63, 3.8) is 0 Å². The minimum absolute atomic E-state index is 0.0263. The average molecular weight is 656 g/mol. The molecular weight excluding hydrogens is 618 g/mol. The Morgan fingerprint density at radius 2 is 1.81 bits per heavy atom. The molecule has 10 nitrogen and oxygen atoms in total. The number of phenolic OH excluding ortho intramolecular Hbond substituents is 1. The lowest BCUT2D eigenvalue weighted by Gasteiger charge is -2.56. The minimum Gasteiger partial charge on any atom is -0.504 e. The van der Waals surface area contributed by atoms with Crippen LogP contribution in [0, 0.1) is 12.8 Å². The van der Waals surface area contributed by atoms with Gasteiger partial charge in [-0.1, -0.05) is 72.8 Å². The highest BCUT2D eigenvalue weighted by atomic mass is 32.2. The zero-order valence-electron chi connectivity index (χ0n) is 26.4. The summed E-state index contributed by atoms with van der Waals surface area (Å²) in [7, 11) is -1.68. The molecule has 1 saturated heterocycles. The van der Waals surface area contributed by atoms with Gasteiger partial charge in [-0.25, -0.2) is 13.1 Å². The van der Waals surface area contributed by atoms with Crippen molar-refractivity contribution < 1.29 is 32.7 Å². The van der Waals surface area contributed by atoms with Gasteiger partial charge in [-0.3, -0.25) is 4.79 Å². The summed E-state index contributed by atoms with van der Waals surface area (Å²) in [6.45, 7) is 4.41. The number of hydrogen-bond acceptors (Lipinski definition) is 9. The average Bonchev–Trinajstić information content (AvgIpc) is 3.64. The van der Waals surface area contributed by atoms with E-state index in [2.05, 4.69) is 23.2 Å². The number of ether oxygens (including phenoxy) is 1. The summed E-state index contributed by atoms with van der Waals surface area (Å²) in [5.74, 6) is 1.28. The van der Waals surface area contributed by atoms with Crippen LogP contribution in [0.2, 0.25) is 0 Å². The molecule has 2 bridgehead atoms. The zero-order chi connectivity index (χ0) is 33.1. The Hall–Kier alpha value is -4.45. The first-order chi connectivity index (χ1) is 22.5. The van der Waals surface area contributed by atoms with E-state index < -0.39 is 22.0 Å². The molecule has 5 atom stereocenters. The molecule has 0 saturated carbocycles. The number of aliphatic hydroxyl groups is 1. The van der Waals surface area contributed by atoms with E-state index in [-0.39, 0.29) is 28.6 Å². The number of carbonyl (C=O) groups is 1. The molecule has 47 heavy (non-hydrogen) atoms. The van der Waals surface area contributed by atoms with Crippen LogP contribution in [-0.4, -0.2) is 66.4 Å². The van der Waals surface area contributed by atoms with Gasteiger partial charge in [-0.05, 0) is 62.7 Å². The second-order valence-electron chi connectivity index (χ2n) is 12.7. The molecule has 0 unspecified atom stereocenters. The molecule has 1 spiro atoms. The highest BCUT2D eigenvalue weighted by Crippen LogP contribution is 2.62. The van der Waals surface area contributed by atoms with Crippen molar-refractivity contribution in [1.29, 1.82) is 0 Å². The van der Waals surface area contributed by atoms with Crippen LogP contribution in [0.4, 0.5) is 0 Å². The van der Waals surface area contributed by atoms with E-state index in [9.17, 15) is 23.4 Å². The third-order valence-electron chi connectivity index (χ3n) is 10.1. The standard InChI is InChI=1S/C19H18N2O4S.C17H19NO3/c1-3-17(22)21-26(23,24)16-11-9-14(10-12-16)18-13(2)25-20-19(18)15-7-5-4-6-8-15;1-18-7-6-17-10-3-5-13(20)16(17)21-15-12(19)4-2-9(14(15)17)8-11(10)18/h4-12H,3H2,1-2H3,(H,21,22);2-5,10-11,13,16,19-20H,6-8H2,1H3/t;10-,11+,13-,16-,17-/m.0/s1. The maximum Gasteiger partial charge on any atom is 0.264 e. The van der Waals surface area contributed by atoms with Crippen LogP contribution in [0.3, 0.4) is 0 Å². The molecule has 4 aromatic rings. The number of nitrogens with zero attached hydrogens (tertiary/aromatic N) is 2. The zero-order valence-corrected chi connectivity index (χ0v) is 27.2. The summed E-state index contributed by atoms with van der Waals surface area (Å²) in [5, 5.41) is 24.8. The second-order valence-corrected chi connectivity index (χ2v) is 14.3. The number of carbonyl (C=O) groups excluding carboxylic acids is 1. The Balaban J connectivity index is 0.000000152. The van der Waals surface area contributed by atoms with Crippen molar-refractivity contribution >= 4 is 15.9 Å². The van der Waals surface area contributed by atoms with E-state index in [0.717, 1.165) is 36.1 Å². The highest BCUT2D eigenvalue weighted by Gasteiger charge is 2.64. The van der Waals surface area contributed by atoms with Gasteiger partial charge in [-0.15, -0.1) is 0 Å². The SMILES string of the molecule is CCC(=O)NS(=O)(=O)c1ccc(-c2c(-c3ccccc3)noc2C)cc1.CN1CC[C@]23c4c5ccc(O)c4O[C@H]2[C@@H](O)C=C[C@H]3[C@H]1C5. The van der Waals surface area contributed by atoms with Gasteiger partial charge in [0.1, 0.15) is 23.7 Å². The summed E-state index contributed by atoms with van der Waals surface area (Å²) in [4.78, 5) is 13.8. The van der Waals surface area contributed by atoms with E-state index in [1.165, 1.54) is 23.3 Å². The highest BCUT2D eigenvalue weighted by molar-refractivity contribution is 7.90. The number of aryl methyl sites for hydroxylation is 1. The summed E-state index contributed by atoms with van der Waals surface area (Å²) < 4.78 is 37.8. The Kier molecular flexibility index (Phi) is 7.73. The van der Waals surface area contributed by atoms with Gasteiger partial charge >= 0.3 is 0 Å². The van der Waals surface area contributed by atoms with Crippen LogP contribution in [-0.2, 0) is 26.7 Å². The molecular formula is C36H37N3O7S. The van der Waals surface area contributed by atoms with Crippen LogP contribution in [0.25, 0.3) is 22.4 Å². The second kappa shape index (κ2) is 11.7. The number of benzene rings is 3. The molecule has 3 heterocycles.